The van der Waals surface area contributed by atoms with Gasteiger partial charge in [0.2, 0.25) is 5.91 Å². The van der Waals surface area contributed by atoms with Crippen LogP contribution >= 0.6 is 23.2 Å². The Labute approximate surface area is 146 Å². The summed E-state index contributed by atoms with van der Waals surface area (Å²) in [6.45, 7) is 4.74. The Morgan fingerprint density at radius 2 is 2.09 bits per heavy atom. The van der Waals surface area contributed by atoms with E-state index in [0.29, 0.717) is 23.2 Å². The Balaban J connectivity index is 1.76. The van der Waals surface area contributed by atoms with Gasteiger partial charge in [-0.25, -0.2) is 0 Å². The topological polar surface area (TPSA) is 61.4 Å². The molecule has 1 aromatic carbocycles. The lowest BCUT2D eigenvalue weighted by atomic mass is 10.2. The highest BCUT2D eigenvalue weighted by molar-refractivity contribution is 6.36. The number of halogens is 2. The Morgan fingerprint density at radius 1 is 1.30 bits per heavy atom. The number of benzene rings is 1. The number of amides is 2. The molecule has 5 nitrogen and oxygen atoms in total. The van der Waals surface area contributed by atoms with E-state index in [2.05, 4.69) is 22.5 Å². The summed E-state index contributed by atoms with van der Waals surface area (Å²) in [6.07, 6.45) is 2.26. The van der Waals surface area contributed by atoms with Gasteiger partial charge in [0, 0.05) is 17.6 Å². The third kappa shape index (κ3) is 5.09. The average Bonchev–Trinajstić information content (AvgIpc) is 2.98. The molecule has 1 unspecified atom stereocenters. The van der Waals surface area contributed by atoms with E-state index in [4.69, 9.17) is 23.2 Å². The molecule has 1 aromatic rings. The lowest BCUT2D eigenvalue weighted by molar-refractivity contribution is -0.120. The highest BCUT2D eigenvalue weighted by Gasteiger charge is 2.23. The van der Waals surface area contributed by atoms with Crippen LogP contribution in [0.15, 0.2) is 18.2 Å². The number of nitrogens with zero attached hydrogens (tertiary/aromatic N) is 1. The van der Waals surface area contributed by atoms with Crippen LogP contribution in [0, 0.1) is 0 Å². The third-order valence-corrected chi connectivity index (χ3v) is 4.57. The smallest absolute Gasteiger partial charge is 0.253 e. The molecule has 1 aliphatic rings. The van der Waals surface area contributed by atoms with E-state index in [1.807, 2.05) is 0 Å². The van der Waals surface area contributed by atoms with E-state index in [-0.39, 0.29) is 17.5 Å². The second kappa shape index (κ2) is 8.52. The van der Waals surface area contributed by atoms with Gasteiger partial charge in [-0.15, -0.1) is 0 Å². The van der Waals surface area contributed by atoms with Crippen molar-refractivity contribution >= 4 is 35.0 Å². The Hall–Kier alpha value is -1.30. The van der Waals surface area contributed by atoms with E-state index >= 15 is 0 Å². The van der Waals surface area contributed by atoms with Crippen molar-refractivity contribution < 1.29 is 9.59 Å². The van der Waals surface area contributed by atoms with Gasteiger partial charge < -0.3 is 10.6 Å². The van der Waals surface area contributed by atoms with Crippen LogP contribution in [0.2, 0.25) is 10.0 Å². The maximum atomic E-state index is 12.0. The molecule has 1 atom stereocenters. The number of hydrogen-bond donors (Lipinski definition) is 2. The van der Waals surface area contributed by atoms with E-state index in [1.54, 1.807) is 6.07 Å². The summed E-state index contributed by atoms with van der Waals surface area (Å²) < 4.78 is 0. The monoisotopic (exact) mass is 357 g/mol. The van der Waals surface area contributed by atoms with Gasteiger partial charge in [0.25, 0.3) is 5.91 Å². The molecule has 2 rings (SSSR count). The molecular weight excluding hydrogens is 337 g/mol. The van der Waals surface area contributed by atoms with Crippen LogP contribution in [0.1, 0.15) is 30.1 Å². The molecule has 0 saturated carbocycles. The Bertz CT molecular complexity index is 580. The number of hydrogen-bond acceptors (Lipinski definition) is 3. The summed E-state index contributed by atoms with van der Waals surface area (Å²) in [5.74, 6) is -0.593. The number of rotatable bonds is 6. The number of nitrogens with one attached hydrogen (secondary N) is 2. The van der Waals surface area contributed by atoms with Crippen molar-refractivity contribution in [1.29, 1.82) is 0 Å². The first-order valence-electron chi connectivity index (χ1n) is 7.75. The summed E-state index contributed by atoms with van der Waals surface area (Å²) in [6, 6.07) is 5.01. The van der Waals surface area contributed by atoms with Gasteiger partial charge in [-0.3, -0.25) is 14.5 Å². The summed E-state index contributed by atoms with van der Waals surface area (Å²) in [7, 11) is 0. The normalized spacial score (nSPS) is 18.0. The van der Waals surface area contributed by atoms with Crippen LogP contribution in [0.25, 0.3) is 0 Å². The molecule has 7 heteroatoms. The maximum Gasteiger partial charge on any atom is 0.253 e. The van der Waals surface area contributed by atoms with Crippen molar-refractivity contribution in [1.82, 2.24) is 15.5 Å². The number of likely N-dealkylation sites (tertiary alicyclic amines) is 1. The quantitative estimate of drug-likeness (QED) is 0.821. The van der Waals surface area contributed by atoms with Gasteiger partial charge in [-0.1, -0.05) is 30.1 Å². The molecule has 0 aromatic heterocycles. The predicted molar refractivity (Wildman–Crippen MR) is 92.1 cm³/mol. The second-order valence-corrected chi connectivity index (χ2v) is 6.38. The molecule has 1 fully saturated rings. The second-order valence-electron chi connectivity index (χ2n) is 5.54. The summed E-state index contributed by atoms with van der Waals surface area (Å²) in [4.78, 5) is 26.2. The minimum absolute atomic E-state index is 0.0728. The molecule has 0 radical (unpaired) electrons. The fraction of sp³-hybridized carbons (Fsp3) is 0.500. The maximum absolute atomic E-state index is 12.0. The van der Waals surface area contributed by atoms with Crippen LogP contribution in [-0.2, 0) is 4.79 Å². The van der Waals surface area contributed by atoms with Crippen LogP contribution in [0.4, 0.5) is 0 Å². The minimum atomic E-state index is -0.391. The minimum Gasteiger partial charge on any atom is -0.353 e. The van der Waals surface area contributed by atoms with Gasteiger partial charge in [0.1, 0.15) is 0 Å². The van der Waals surface area contributed by atoms with Gasteiger partial charge in [-0.2, -0.15) is 0 Å². The first-order valence-corrected chi connectivity index (χ1v) is 8.51. The zero-order chi connectivity index (χ0) is 16.8. The van der Waals surface area contributed by atoms with Gasteiger partial charge in [0.05, 0.1) is 17.1 Å². The zero-order valence-electron chi connectivity index (χ0n) is 13.1. The Kier molecular flexibility index (Phi) is 6.69. The van der Waals surface area contributed by atoms with Gasteiger partial charge in [0.15, 0.2) is 0 Å². The van der Waals surface area contributed by atoms with Gasteiger partial charge >= 0.3 is 0 Å². The SMILES string of the molecule is CCN1CCCC1CNC(=O)CNC(=O)c1ccc(Cl)cc1Cl. The summed E-state index contributed by atoms with van der Waals surface area (Å²) in [5, 5.41) is 6.16. The molecule has 2 N–H and O–H groups in total. The fourth-order valence-corrected chi connectivity index (χ4v) is 3.26. The van der Waals surface area contributed by atoms with Crippen molar-refractivity contribution in [3.8, 4) is 0 Å². The molecule has 0 aliphatic carbocycles. The highest BCUT2D eigenvalue weighted by Crippen LogP contribution is 2.20. The number of likely N-dealkylation sites (N-methyl/N-ethyl adjacent to an activating group) is 1. The van der Waals surface area contributed by atoms with Crippen LogP contribution in [0.3, 0.4) is 0 Å². The first-order chi connectivity index (χ1) is 11.0. The van der Waals surface area contributed by atoms with E-state index < -0.39 is 5.91 Å². The van der Waals surface area contributed by atoms with Crippen LogP contribution in [0.5, 0.6) is 0 Å². The number of carbonyl (C=O) groups excluding carboxylic acids is 2. The Morgan fingerprint density at radius 3 is 2.78 bits per heavy atom. The molecule has 126 valence electrons. The van der Waals surface area contributed by atoms with E-state index in [1.165, 1.54) is 18.6 Å². The predicted octanol–water partition coefficient (Wildman–Crippen LogP) is 2.32. The van der Waals surface area contributed by atoms with E-state index in [9.17, 15) is 9.59 Å². The summed E-state index contributed by atoms with van der Waals surface area (Å²) >= 11 is 11.8. The standard InChI is InChI=1S/C16H21Cl2N3O2/c1-2-21-7-3-4-12(21)9-19-15(22)10-20-16(23)13-6-5-11(17)8-14(13)18/h5-6,8,12H,2-4,7,9-10H2,1H3,(H,19,22)(H,20,23). The fourth-order valence-electron chi connectivity index (χ4n) is 2.77. The molecule has 0 spiro atoms. The molecule has 1 saturated heterocycles. The lowest BCUT2D eigenvalue weighted by Gasteiger charge is -2.22. The van der Waals surface area contributed by atoms with Crippen molar-refractivity contribution in [2.75, 3.05) is 26.2 Å². The molecule has 23 heavy (non-hydrogen) atoms. The third-order valence-electron chi connectivity index (χ3n) is 4.03. The van der Waals surface area contributed by atoms with E-state index in [0.717, 1.165) is 19.5 Å². The van der Waals surface area contributed by atoms with Crippen LogP contribution in [-0.4, -0.2) is 48.9 Å². The molecule has 1 heterocycles. The molecular formula is C16H21Cl2N3O2. The van der Waals surface area contributed by atoms with Crippen molar-refractivity contribution in [2.24, 2.45) is 0 Å². The van der Waals surface area contributed by atoms with Crippen molar-refractivity contribution in [3.05, 3.63) is 33.8 Å². The lowest BCUT2D eigenvalue weighted by Crippen LogP contribution is -2.43. The first kappa shape index (κ1) is 18.0. The summed E-state index contributed by atoms with van der Waals surface area (Å²) in [5.41, 5.74) is 0.303. The highest BCUT2D eigenvalue weighted by atomic mass is 35.5. The molecule has 2 amide bonds. The largest absolute Gasteiger partial charge is 0.353 e. The zero-order valence-corrected chi connectivity index (χ0v) is 14.6. The van der Waals surface area contributed by atoms with Crippen molar-refractivity contribution in [3.63, 3.8) is 0 Å². The van der Waals surface area contributed by atoms with Gasteiger partial charge in [-0.05, 0) is 44.1 Å². The number of carbonyl (C=O) groups is 2. The average molecular weight is 358 g/mol. The van der Waals surface area contributed by atoms with Crippen LogP contribution < -0.4 is 10.6 Å². The van der Waals surface area contributed by atoms with Crippen molar-refractivity contribution in [2.45, 2.75) is 25.8 Å². The molecule has 1 aliphatic heterocycles. The molecule has 0 bridgehead atoms.